The fourth-order valence-corrected chi connectivity index (χ4v) is 0.534. The zero-order valence-corrected chi connectivity index (χ0v) is 6.42. The van der Waals surface area contributed by atoms with Crippen molar-refractivity contribution in [3.05, 3.63) is 19.1 Å². The van der Waals surface area contributed by atoms with Crippen LogP contribution in [0.1, 0.15) is 19.3 Å². The molecule has 2 heteroatoms. The number of hydrogen-bond donors (Lipinski definition) is 0. The third-order valence-electron chi connectivity index (χ3n) is 0.976. The molecule has 0 saturated carbocycles. The Bertz CT molecular complexity index is 93.8. The lowest BCUT2D eigenvalue weighted by atomic mass is 10.3. The lowest BCUT2D eigenvalue weighted by Gasteiger charge is -1.85. The molecular formula is C8H14NO. The average Bonchev–Trinajstić information content (AvgIpc) is 1.97. The Kier molecular flexibility index (Phi) is 7.56. The van der Waals surface area contributed by atoms with Gasteiger partial charge in [-0.1, -0.05) is 17.3 Å². The van der Waals surface area contributed by atoms with Gasteiger partial charge in [-0.3, -0.25) is 0 Å². The maximum absolute atomic E-state index is 4.48. The summed E-state index contributed by atoms with van der Waals surface area (Å²) in [5.74, 6) is 0. The minimum absolute atomic E-state index is 0.863. The van der Waals surface area contributed by atoms with Crippen molar-refractivity contribution < 1.29 is 4.84 Å². The van der Waals surface area contributed by atoms with Gasteiger partial charge in [-0.05, 0) is 26.2 Å². The average molecular weight is 140 g/mol. The molecule has 0 aromatic heterocycles. The summed E-state index contributed by atoms with van der Waals surface area (Å²) in [6, 6.07) is 0. The molecular weight excluding hydrogens is 126 g/mol. The fourth-order valence-electron chi connectivity index (χ4n) is 0.534. The summed E-state index contributed by atoms with van der Waals surface area (Å²) >= 11 is 0. The predicted octanol–water partition coefficient (Wildman–Crippen LogP) is 2.18. The quantitative estimate of drug-likeness (QED) is 0.248. The number of nitrogens with zero attached hydrogens (tertiary/aromatic N) is 1. The van der Waals surface area contributed by atoms with E-state index in [9.17, 15) is 0 Å². The standard InChI is InChI=1S/C8H14NO/c1-3-4-5-6-7-8-9-10-2/h4-5,8H,1,3,6-7H2,2H3/b5-4+,9-8+. The Balaban J connectivity index is 3.04. The Morgan fingerprint density at radius 1 is 1.40 bits per heavy atom. The molecule has 0 rings (SSSR count). The van der Waals surface area contributed by atoms with Crippen molar-refractivity contribution in [3.63, 3.8) is 0 Å². The Morgan fingerprint density at radius 2 is 2.20 bits per heavy atom. The molecule has 2 nitrogen and oxygen atoms in total. The molecule has 0 heterocycles. The van der Waals surface area contributed by atoms with Crippen molar-refractivity contribution >= 4 is 6.21 Å². The van der Waals surface area contributed by atoms with Crippen molar-refractivity contribution in [1.82, 2.24) is 0 Å². The molecule has 0 saturated heterocycles. The molecule has 0 unspecified atom stereocenters. The highest BCUT2D eigenvalue weighted by molar-refractivity contribution is 5.56. The largest absolute Gasteiger partial charge is 0.399 e. The maximum Gasteiger partial charge on any atom is 0.106 e. The Labute approximate surface area is 62.6 Å². The van der Waals surface area contributed by atoms with E-state index in [1.54, 1.807) is 13.3 Å². The molecule has 0 aliphatic heterocycles. The minimum Gasteiger partial charge on any atom is -0.399 e. The molecule has 57 valence electrons. The molecule has 0 aromatic rings. The molecule has 0 fully saturated rings. The number of unbranched alkanes of at least 4 members (excludes halogenated alkanes) is 1. The van der Waals surface area contributed by atoms with Crippen LogP contribution in [0.15, 0.2) is 17.3 Å². The summed E-state index contributed by atoms with van der Waals surface area (Å²) in [6.07, 6.45) is 8.71. The van der Waals surface area contributed by atoms with Gasteiger partial charge in [0.25, 0.3) is 0 Å². The lowest BCUT2D eigenvalue weighted by Crippen LogP contribution is -1.74. The first-order valence-corrected chi connectivity index (χ1v) is 3.41. The van der Waals surface area contributed by atoms with Gasteiger partial charge in [0.1, 0.15) is 7.11 Å². The molecule has 0 aliphatic carbocycles. The van der Waals surface area contributed by atoms with E-state index in [-0.39, 0.29) is 0 Å². The van der Waals surface area contributed by atoms with Gasteiger partial charge in [0.15, 0.2) is 0 Å². The summed E-state index contributed by atoms with van der Waals surface area (Å²) in [4.78, 5) is 4.48. The SMILES string of the molecule is [CH2]C/C=C/CC/C=N/OC. The molecule has 10 heavy (non-hydrogen) atoms. The summed E-state index contributed by atoms with van der Waals surface area (Å²) < 4.78 is 0. The third-order valence-corrected chi connectivity index (χ3v) is 0.976. The first-order valence-electron chi connectivity index (χ1n) is 3.41. The van der Waals surface area contributed by atoms with E-state index in [1.165, 1.54) is 0 Å². The second kappa shape index (κ2) is 8.21. The van der Waals surface area contributed by atoms with Crippen molar-refractivity contribution in [2.24, 2.45) is 5.16 Å². The van der Waals surface area contributed by atoms with Crippen LogP contribution in [0.4, 0.5) is 0 Å². The number of rotatable bonds is 5. The van der Waals surface area contributed by atoms with Crippen LogP contribution in [0.25, 0.3) is 0 Å². The van der Waals surface area contributed by atoms with Gasteiger partial charge in [-0.15, -0.1) is 0 Å². The van der Waals surface area contributed by atoms with E-state index in [1.807, 2.05) is 6.08 Å². The number of oxime groups is 1. The van der Waals surface area contributed by atoms with Crippen LogP contribution in [0, 0.1) is 6.92 Å². The lowest BCUT2D eigenvalue weighted by molar-refractivity contribution is 0.214. The van der Waals surface area contributed by atoms with E-state index in [0.717, 1.165) is 19.3 Å². The monoisotopic (exact) mass is 140 g/mol. The topological polar surface area (TPSA) is 21.6 Å². The zero-order valence-electron chi connectivity index (χ0n) is 6.42. The highest BCUT2D eigenvalue weighted by Crippen LogP contribution is 1.89. The van der Waals surface area contributed by atoms with Crippen LogP contribution in [0.5, 0.6) is 0 Å². The zero-order chi connectivity index (χ0) is 7.66. The first-order chi connectivity index (χ1) is 4.91. The van der Waals surface area contributed by atoms with Gasteiger partial charge >= 0.3 is 0 Å². The van der Waals surface area contributed by atoms with Crippen LogP contribution in [-0.2, 0) is 4.84 Å². The molecule has 0 aliphatic rings. The van der Waals surface area contributed by atoms with E-state index in [0.29, 0.717) is 0 Å². The van der Waals surface area contributed by atoms with Gasteiger partial charge in [-0.25, -0.2) is 0 Å². The molecule has 0 atom stereocenters. The fraction of sp³-hybridized carbons (Fsp3) is 0.500. The number of hydrogen-bond acceptors (Lipinski definition) is 2. The molecule has 0 N–H and O–H groups in total. The van der Waals surface area contributed by atoms with Crippen LogP contribution < -0.4 is 0 Å². The molecule has 0 bridgehead atoms. The first kappa shape index (κ1) is 9.21. The highest BCUT2D eigenvalue weighted by atomic mass is 16.6. The second-order valence-electron chi connectivity index (χ2n) is 1.81. The normalized spacial score (nSPS) is 11.4. The van der Waals surface area contributed by atoms with E-state index >= 15 is 0 Å². The molecule has 0 aromatic carbocycles. The number of allylic oxidation sites excluding steroid dienone is 2. The van der Waals surface area contributed by atoms with Crippen molar-refractivity contribution in [1.29, 1.82) is 0 Å². The molecule has 1 radical (unpaired) electrons. The highest BCUT2D eigenvalue weighted by Gasteiger charge is 1.75. The molecule has 0 amide bonds. The van der Waals surface area contributed by atoms with Crippen molar-refractivity contribution in [2.75, 3.05) is 7.11 Å². The summed E-state index contributed by atoms with van der Waals surface area (Å²) in [6.45, 7) is 3.67. The van der Waals surface area contributed by atoms with Crippen LogP contribution >= 0.6 is 0 Å². The van der Waals surface area contributed by atoms with E-state index in [2.05, 4.69) is 23.0 Å². The smallest absolute Gasteiger partial charge is 0.106 e. The Morgan fingerprint density at radius 3 is 2.80 bits per heavy atom. The van der Waals surface area contributed by atoms with Crippen molar-refractivity contribution in [2.45, 2.75) is 19.3 Å². The van der Waals surface area contributed by atoms with Gasteiger partial charge < -0.3 is 4.84 Å². The van der Waals surface area contributed by atoms with Gasteiger partial charge in [0, 0.05) is 6.21 Å². The van der Waals surface area contributed by atoms with Gasteiger partial charge in [-0.2, -0.15) is 0 Å². The van der Waals surface area contributed by atoms with Crippen LogP contribution in [0.2, 0.25) is 0 Å². The minimum atomic E-state index is 0.863. The summed E-state index contributed by atoms with van der Waals surface area (Å²) in [5, 5.41) is 3.59. The molecule has 0 spiro atoms. The van der Waals surface area contributed by atoms with E-state index < -0.39 is 0 Å². The Hall–Kier alpha value is -0.790. The van der Waals surface area contributed by atoms with Gasteiger partial charge in [0.2, 0.25) is 0 Å². The van der Waals surface area contributed by atoms with Gasteiger partial charge in [0.05, 0.1) is 0 Å². The summed E-state index contributed by atoms with van der Waals surface area (Å²) in [5.41, 5.74) is 0. The summed E-state index contributed by atoms with van der Waals surface area (Å²) in [7, 11) is 1.54. The second-order valence-corrected chi connectivity index (χ2v) is 1.81. The third kappa shape index (κ3) is 7.21. The van der Waals surface area contributed by atoms with E-state index in [4.69, 9.17) is 0 Å². The predicted molar refractivity (Wildman–Crippen MR) is 43.8 cm³/mol. The van der Waals surface area contributed by atoms with Crippen molar-refractivity contribution in [3.8, 4) is 0 Å². The van der Waals surface area contributed by atoms with Crippen LogP contribution in [0.3, 0.4) is 0 Å². The van der Waals surface area contributed by atoms with Crippen LogP contribution in [-0.4, -0.2) is 13.3 Å². The maximum atomic E-state index is 4.48.